The average Bonchev–Trinajstić information content (AvgIpc) is 2.60. The third kappa shape index (κ3) is 4.11. The molecule has 2 rings (SSSR count). The summed E-state index contributed by atoms with van der Waals surface area (Å²) in [6, 6.07) is 11.5. The number of methoxy groups -OCH3 is 1. The largest absolute Gasteiger partial charge is 0.497 e. The maximum atomic E-state index is 14.3. The van der Waals surface area contributed by atoms with Crippen LogP contribution in [0.1, 0.15) is 24.2 Å². The smallest absolute Gasteiger partial charge is 0.254 e. The lowest BCUT2D eigenvalue weighted by Crippen LogP contribution is -2.38. The molecule has 2 atom stereocenters. The number of benzene rings is 2. The molecule has 0 aliphatic carbocycles. The van der Waals surface area contributed by atoms with Crippen LogP contribution in [-0.4, -0.2) is 30.8 Å². The van der Waals surface area contributed by atoms with E-state index < -0.39 is 11.7 Å². The highest BCUT2D eigenvalue weighted by molar-refractivity contribution is 5.95. The van der Waals surface area contributed by atoms with E-state index in [1.807, 2.05) is 19.1 Å². The second-order valence-electron chi connectivity index (χ2n) is 5.85. The molecule has 0 saturated carbocycles. The number of halogens is 1. The molecule has 4 nitrogen and oxygen atoms in total. The lowest BCUT2D eigenvalue weighted by atomic mass is 10.0. The van der Waals surface area contributed by atoms with Crippen molar-refractivity contribution < 1.29 is 19.0 Å². The average molecular weight is 331 g/mol. The van der Waals surface area contributed by atoms with E-state index in [1.54, 1.807) is 32.2 Å². The van der Waals surface area contributed by atoms with Crippen LogP contribution in [0.5, 0.6) is 5.75 Å². The number of rotatable bonds is 6. The first-order valence-corrected chi connectivity index (χ1v) is 7.82. The highest BCUT2D eigenvalue weighted by Crippen LogP contribution is 2.24. The van der Waals surface area contributed by atoms with Gasteiger partial charge in [-0.1, -0.05) is 25.1 Å². The second-order valence-corrected chi connectivity index (χ2v) is 5.85. The minimum Gasteiger partial charge on any atom is -0.497 e. The number of hydrogen-bond donors (Lipinski definition) is 2. The molecule has 0 aliphatic heterocycles. The van der Waals surface area contributed by atoms with Crippen LogP contribution in [0.3, 0.4) is 0 Å². The van der Waals surface area contributed by atoms with Crippen LogP contribution in [0, 0.1) is 11.7 Å². The molecule has 5 heteroatoms. The monoisotopic (exact) mass is 331 g/mol. The van der Waals surface area contributed by atoms with Crippen molar-refractivity contribution in [2.75, 3.05) is 13.7 Å². The number of nitrogens with one attached hydrogen (secondary N) is 1. The number of carbonyl (C=O) groups excluding carboxylic acids is 1. The van der Waals surface area contributed by atoms with Crippen LogP contribution in [0.25, 0.3) is 11.1 Å². The van der Waals surface area contributed by atoms with Gasteiger partial charge in [-0.15, -0.1) is 0 Å². The predicted octanol–water partition coefficient (Wildman–Crippen LogP) is 3.25. The number of aliphatic hydroxyl groups excluding tert-OH is 1. The van der Waals surface area contributed by atoms with E-state index in [-0.39, 0.29) is 24.1 Å². The maximum absolute atomic E-state index is 14.3. The number of carbonyl (C=O) groups is 1. The quantitative estimate of drug-likeness (QED) is 0.854. The Balaban J connectivity index is 2.18. The van der Waals surface area contributed by atoms with Crippen LogP contribution in [0.4, 0.5) is 4.39 Å². The van der Waals surface area contributed by atoms with Gasteiger partial charge in [0.05, 0.1) is 12.7 Å². The Hall–Kier alpha value is -2.40. The Kier molecular flexibility index (Phi) is 5.93. The van der Waals surface area contributed by atoms with Gasteiger partial charge in [0.25, 0.3) is 5.91 Å². The Morgan fingerprint density at radius 2 is 1.79 bits per heavy atom. The van der Waals surface area contributed by atoms with Crippen molar-refractivity contribution >= 4 is 5.91 Å². The molecule has 2 unspecified atom stereocenters. The topological polar surface area (TPSA) is 58.6 Å². The number of ether oxygens (including phenoxy) is 1. The SMILES string of the molecule is COc1ccc(-c2ccc(C(=O)NC(C)C(C)CO)c(F)c2)cc1. The maximum Gasteiger partial charge on any atom is 0.254 e. The fourth-order valence-corrected chi connectivity index (χ4v) is 2.25. The van der Waals surface area contributed by atoms with Crippen LogP contribution < -0.4 is 10.1 Å². The molecule has 0 fully saturated rings. The van der Waals surface area contributed by atoms with E-state index >= 15 is 0 Å². The summed E-state index contributed by atoms with van der Waals surface area (Å²) in [5.41, 5.74) is 1.51. The van der Waals surface area contributed by atoms with Crippen molar-refractivity contribution in [2.24, 2.45) is 5.92 Å². The second kappa shape index (κ2) is 7.93. The van der Waals surface area contributed by atoms with E-state index in [0.29, 0.717) is 5.56 Å². The van der Waals surface area contributed by atoms with Crippen molar-refractivity contribution in [2.45, 2.75) is 19.9 Å². The summed E-state index contributed by atoms with van der Waals surface area (Å²) in [5, 5.41) is 11.8. The molecular weight excluding hydrogens is 309 g/mol. The normalized spacial score (nSPS) is 13.2. The molecule has 128 valence electrons. The Bertz CT molecular complexity index is 700. The van der Waals surface area contributed by atoms with Crippen LogP contribution >= 0.6 is 0 Å². The summed E-state index contributed by atoms with van der Waals surface area (Å²) in [6.07, 6.45) is 0. The van der Waals surface area contributed by atoms with Gasteiger partial charge in [0.15, 0.2) is 0 Å². The Morgan fingerprint density at radius 1 is 1.17 bits per heavy atom. The third-order valence-corrected chi connectivity index (χ3v) is 4.14. The molecule has 0 spiro atoms. The molecule has 0 saturated heterocycles. The van der Waals surface area contributed by atoms with Crippen molar-refractivity contribution in [1.82, 2.24) is 5.32 Å². The highest BCUT2D eigenvalue weighted by Gasteiger charge is 2.18. The van der Waals surface area contributed by atoms with Crippen molar-refractivity contribution in [3.8, 4) is 16.9 Å². The minimum atomic E-state index is -0.579. The van der Waals surface area contributed by atoms with Gasteiger partial charge in [0.1, 0.15) is 11.6 Å². The van der Waals surface area contributed by atoms with Crippen molar-refractivity contribution in [3.05, 3.63) is 53.8 Å². The van der Waals surface area contributed by atoms with E-state index in [1.165, 1.54) is 12.1 Å². The number of hydrogen-bond acceptors (Lipinski definition) is 3. The zero-order valence-electron chi connectivity index (χ0n) is 14.0. The summed E-state index contributed by atoms with van der Waals surface area (Å²) in [4.78, 5) is 12.2. The minimum absolute atomic E-state index is 0.00995. The van der Waals surface area contributed by atoms with E-state index in [4.69, 9.17) is 9.84 Å². The fourth-order valence-electron chi connectivity index (χ4n) is 2.25. The molecule has 0 aliphatic rings. The molecule has 0 bridgehead atoms. The van der Waals surface area contributed by atoms with Gasteiger partial charge in [-0.05, 0) is 48.2 Å². The molecular formula is C19H22FNO3. The highest BCUT2D eigenvalue weighted by atomic mass is 19.1. The molecule has 0 aromatic heterocycles. The van der Waals surface area contributed by atoms with Gasteiger partial charge < -0.3 is 15.2 Å². The Labute approximate surface area is 141 Å². The summed E-state index contributed by atoms with van der Waals surface area (Å²) in [5.74, 6) is -0.441. The summed E-state index contributed by atoms with van der Waals surface area (Å²) in [6.45, 7) is 3.55. The Morgan fingerprint density at radius 3 is 2.33 bits per heavy atom. The van der Waals surface area contributed by atoms with Gasteiger partial charge in [0, 0.05) is 12.6 Å². The molecule has 1 amide bonds. The molecule has 24 heavy (non-hydrogen) atoms. The fraction of sp³-hybridized carbons (Fsp3) is 0.316. The van der Waals surface area contributed by atoms with Gasteiger partial charge in [-0.2, -0.15) is 0 Å². The number of aliphatic hydroxyl groups is 1. The van der Waals surface area contributed by atoms with Gasteiger partial charge in [-0.3, -0.25) is 4.79 Å². The first-order chi connectivity index (χ1) is 11.5. The summed E-state index contributed by atoms with van der Waals surface area (Å²) in [7, 11) is 1.58. The van der Waals surface area contributed by atoms with Crippen molar-refractivity contribution in [3.63, 3.8) is 0 Å². The molecule has 0 heterocycles. The third-order valence-electron chi connectivity index (χ3n) is 4.14. The molecule has 0 radical (unpaired) electrons. The standard InChI is InChI=1S/C19H22FNO3/c1-12(11-22)13(2)21-19(23)17-9-6-15(10-18(17)20)14-4-7-16(24-3)8-5-14/h4-10,12-13,22H,11H2,1-3H3,(H,21,23). The van der Waals surface area contributed by atoms with Crippen LogP contribution in [0.15, 0.2) is 42.5 Å². The zero-order chi connectivity index (χ0) is 17.7. The molecule has 2 aromatic rings. The van der Waals surface area contributed by atoms with Gasteiger partial charge in [0.2, 0.25) is 0 Å². The summed E-state index contributed by atoms with van der Waals surface area (Å²) >= 11 is 0. The predicted molar refractivity (Wildman–Crippen MR) is 91.6 cm³/mol. The van der Waals surface area contributed by atoms with E-state index in [2.05, 4.69) is 5.32 Å². The lowest BCUT2D eigenvalue weighted by Gasteiger charge is -2.19. The first-order valence-electron chi connectivity index (χ1n) is 7.82. The lowest BCUT2D eigenvalue weighted by molar-refractivity contribution is 0.0912. The van der Waals surface area contributed by atoms with Gasteiger partial charge >= 0.3 is 0 Å². The molecule has 2 N–H and O–H groups in total. The summed E-state index contributed by atoms with van der Waals surface area (Å²) < 4.78 is 19.4. The molecule has 2 aromatic carbocycles. The van der Waals surface area contributed by atoms with E-state index in [9.17, 15) is 9.18 Å². The van der Waals surface area contributed by atoms with Gasteiger partial charge in [-0.25, -0.2) is 4.39 Å². The van der Waals surface area contributed by atoms with Crippen LogP contribution in [0.2, 0.25) is 0 Å². The van der Waals surface area contributed by atoms with Crippen LogP contribution in [-0.2, 0) is 0 Å². The first kappa shape index (κ1) is 17.9. The van der Waals surface area contributed by atoms with E-state index in [0.717, 1.165) is 11.3 Å². The number of amides is 1. The zero-order valence-corrected chi connectivity index (χ0v) is 14.0. The van der Waals surface area contributed by atoms with Crippen molar-refractivity contribution in [1.29, 1.82) is 0 Å².